The van der Waals surface area contributed by atoms with Crippen molar-refractivity contribution in [2.24, 2.45) is 0 Å². The fourth-order valence-electron chi connectivity index (χ4n) is 0.955. The molecule has 0 atom stereocenters. The Labute approximate surface area is 96.8 Å². The van der Waals surface area contributed by atoms with E-state index in [1.54, 1.807) is 0 Å². The third kappa shape index (κ3) is 2.58. The number of rotatable bonds is 2. The largest absolute Gasteiger partial charge is 0.464 e. The van der Waals surface area contributed by atoms with Crippen molar-refractivity contribution in [1.29, 1.82) is 0 Å². The lowest BCUT2D eigenvalue weighted by Gasteiger charge is -2.08. The van der Waals surface area contributed by atoms with Gasteiger partial charge in [-0.25, -0.2) is 18.6 Å². The minimum Gasteiger partial charge on any atom is -0.464 e. The van der Waals surface area contributed by atoms with Gasteiger partial charge in [0.15, 0.2) is 5.69 Å². The second-order valence-corrected chi connectivity index (χ2v) is 3.64. The number of methoxy groups -OCH3 is 1. The van der Waals surface area contributed by atoms with Gasteiger partial charge in [-0.2, -0.15) is 4.39 Å². The number of alkyl halides is 2. The summed E-state index contributed by atoms with van der Waals surface area (Å²) in [6.07, 6.45) is -2.90. The SMILES string of the molecule is COC(=O)c1nc(F)cc(I)c1C(F)F. The highest BCUT2D eigenvalue weighted by molar-refractivity contribution is 14.1. The molecule has 0 N–H and O–H groups in total. The molecule has 3 nitrogen and oxygen atoms in total. The number of carbonyl (C=O) groups excluding carboxylic acids is 1. The van der Waals surface area contributed by atoms with Gasteiger partial charge in [-0.15, -0.1) is 0 Å². The van der Waals surface area contributed by atoms with Crippen LogP contribution in [0.1, 0.15) is 22.5 Å². The van der Waals surface area contributed by atoms with E-state index in [1.165, 1.54) is 22.6 Å². The van der Waals surface area contributed by atoms with Gasteiger partial charge in [-0.1, -0.05) is 0 Å². The Morgan fingerprint density at radius 1 is 1.60 bits per heavy atom. The molecule has 0 saturated heterocycles. The number of carbonyl (C=O) groups is 1. The first kappa shape index (κ1) is 12.2. The Bertz CT molecular complexity index is 398. The Morgan fingerprint density at radius 2 is 2.20 bits per heavy atom. The molecule has 0 saturated carbocycles. The molecule has 1 rings (SSSR count). The number of nitrogens with zero attached hydrogens (tertiary/aromatic N) is 1. The van der Waals surface area contributed by atoms with Crippen molar-refractivity contribution < 1.29 is 22.7 Å². The van der Waals surface area contributed by atoms with E-state index in [-0.39, 0.29) is 3.57 Å². The van der Waals surface area contributed by atoms with Crippen LogP contribution in [0.15, 0.2) is 6.07 Å². The predicted octanol–water partition coefficient (Wildman–Crippen LogP) is 2.55. The molecule has 0 aliphatic heterocycles. The zero-order valence-corrected chi connectivity index (χ0v) is 9.59. The normalized spacial score (nSPS) is 10.5. The highest BCUT2D eigenvalue weighted by Gasteiger charge is 2.24. The van der Waals surface area contributed by atoms with Crippen molar-refractivity contribution in [2.75, 3.05) is 7.11 Å². The van der Waals surface area contributed by atoms with Gasteiger partial charge in [0.05, 0.1) is 12.7 Å². The van der Waals surface area contributed by atoms with Crippen molar-refractivity contribution in [1.82, 2.24) is 4.98 Å². The van der Waals surface area contributed by atoms with Gasteiger partial charge in [-0.3, -0.25) is 0 Å². The number of halogens is 4. The van der Waals surface area contributed by atoms with Gasteiger partial charge in [0.1, 0.15) is 0 Å². The third-order valence-electron chi connectivity index (χ3n) is 1.57. The maximum absolute atomic E-state index is 12.8. The molecular formula is C8H5F3INO2. The summed E-state index contributed by atoms with van der Waals surface area (Å²) in [4.78, 5) is 14.2. The summed E-state index contributed by atoms with van der Waals surface area (Å²) in [5.41, 5.74) is -1.29. The minimum absolute atomic E-state index is 0.0597. The fraction of sp³-hybridized carbons (Fsp3) is 0.250. The molecule has 0 aliphatic carbocycles. The van der Waals surface area contributed by atoms with Crippen molar-refractivity contribution in [3.05, 3.63) is 26.8 Å². The lowest BCUT2D eigenvalue weighted by molar-refractivity contribution is 0.0579. The smallest absolute Gasteiger partial charge is 0.357 e. The summed E-state index contributed by atoms with van der Waals surface area (Å²) in [5.74, 6) is -2.08. The molecule has 1 heterocycles. The summed E-state index contributed by atoms with van der Waals surface area (Å²) >= 11 is 1.51. The summed E-state index contributed by atoms with van der Waals surface area (Å²) in [6, 6.07) is 0.828. The van der Waals surface area contributed by atoms with Gasteiger partial charge < -0.3 is 4.74 Å². The van der Waals surface area contributed by atoms with Gasteiger partial charge in [0, 0.05) is 9.64 Å². The summed E-state index contributed by atoms with van der Waals surface area (Å²) in [7, 11) is 1.01. The molecule has 0 fully saturated rings. The molecule has 1 aromatic rings. The number of aromatic nitrogens is 1. The Morgan fingerprint density at radius 3 is 2.67 bits per heavy atom. The topological polar surface area (TPSA) is 39.2 Å². The van der Waals surface area contributed by atoms with E-state index in [0.29, 0.717) is 0 Å². The van der Waals surface area contributed by atoms with Crippen LogP contribution < -0.4 is 0 Å². The highest BCUT2D eigenvalue weighted by Crippen LogP contribution is 2.27. The molecule has 7 heteroatoms. The average Bonchev–Trinajstić information content (AvgIpc) is 2.14. The quantitative estimate of drug-likeness (QED) is 0.475. The zero-order chi connectivity index (χ0) is 11.6. The van der Waals surface area contributed by atoms with E-state index in [0.717, 1.165) is 13.2 Å². The van der Waals surface area contributed by atoms with Gasteiger partial charge in [-0.05, 0) is 22.6 Å². The van der Waals surface area contributed by atoms with E-state index in [2.05, 4.69) is 9.72 Å². The molecule has 0 unspecified atom stereocenters. The molecule has 0 aliphatic rings. The summed E-state index contributed by atoms with van der Waals surface area (Å²) in [5, 5.41) is 0. The van der Waals surface area contributed by atoms with Crippen LogP contribution in [-0.2, 0) is 4.74 Å². The van der Waals surface area contributed by atoms with Crippen LogP contribution in [0.25, 0.3) is 0 Å². The van der Waals surface area contributed by atoms with E-state index in [1.807, 2.05) is 0 Å². The predicted molar refractivity (Wildman–Crippen MR) is 53.2 cm³/mol. The average molecular weight is 331 g/mol. The van der Waals surface area contributed by atoms with Crippen LogP contribution in [-0.4, -0.2) is 18.1 Å². The third-order valence-corrected chi connectivity index (χ3v) is 2.47. The van der Waals surface area contributed by atoms with Gasteiger partial charge in [0.2, 0.25) is 5.95 Å². The molecule has 0 amide bonds. The van der Waals surface area contributed by atoms with Crippen molar-refractivity contribution in [3.8, 4) is 0 Å². The number of esters is 1. The Hall–Kier alpha value is -0.860. The fourth-order valence-corrected chi connectivity index (χ4v) is 1.70. The van der Waals surface area contributed by atoms with Crippen LogP contribution in [0.2, 0.25) is 0 Å². The van der Waals surface area contributed by atoms with Gasteiger partial charge in [0.25, 0.3) is 6.43 Å². The standard InChI is InChI=1S/C8H5F3INO2/c1-15-8(14)6-5(7(10)11)3(12)2-4(9)13-6/h2,7H,1H3. The molecular weight excluding hydrogens is 326 g/mol. The molecule has 0 spiro atoms. The maximum Gasteiger partial charge on any atom is 0.357 e. The Balaban J connectivity index is 3.40. The van der Waals surface area contributed by atoms with Crippen molar-refractivity contribution in [2.45, 2.75) is 6.43 Å². The lowest BCUT2D eigenvalue weighted by atomic mass is 10.2. The van der Waals surface area contributed by atoms with Crippen LogP contribution in [0.5, 0.6) is 0 Å². The van der Waals surface area contributed by atoms with Crippen LogP contribution in [0, 0.1) is 9.52 Å². The highest BCUT2D eigenvalue weighted by atomic mass is 127. The number of ether oxygens (including phenoxy) is 1. The molecule has 1 aromatic heterocycles. The maximum atomic E-state index is 12.8. The summed E-state index contributed by atoms with van der Waals surface area (Å²) < 4.78 is 42.1. The molecule has 82 valence electrons. The number of pyridine rings is 1. The second-order valence-electron chi connectivity index (χ2n) is 2.48. The first-order chi connectivity index (χ1) is 6.97. The number of hydrogen-bond donors (Lipinski definition) is 0. The van der Waals surface area contributed by atoms with Crippen LogP contribution in [0.4, 0.5) is 13.2 Å². The van der Waals surface area contributed by atoms with E-state index < -0.39 is 29.6 Å². The van der Waals surface area contributed by atoms with E-state index >= 15 is 0 Å². The zero-order valence-electron chi connectivity index (χ0n) is 7.43. The monoisotopic (exact) mass is 331 g/mol. The van der Waals surface area contributed by atoms with Gasteiger partial charge >= 0.3 is 5.97 Å². The second kappa shape index (κ2) is 4.77. The van der Waals surface area contributed by atoms with E-state index in [9.17, 15) is 18.0 Å². The molecule has 0 aromatic carbocycles. The first-order valence-corrected chi connectivity index (χ1v) is 4.77. The van der Waals surface area contributed by atoms with E-state index in [4.69, 9.17) is 0 Å². The number of hydrogen-bond acceptors (Lipinski definition) is 3. The van der Waals surface area contributed by atoms with Crippen molar-refractivity contribution in [3.63, 3.8) is 0 Å². The molecule has 0 bridgehead atoms. The van der Waals surface area contributed by atoms with Crippen LogP contribution >= 0.6 is 22.6 Å². The molecule has 15 heavy (non-hydrogen) atoms. The van der Waals surface area contributed by atoms with Crippen LogP contribution in [0.3, 0.4) is 0 Å². The van der Waals surface area contributed by atoms with Crippen molar-refractivity contribution >= 4 is 28.6 Å². The first-order valence-electron chi connectivity index (χ1n) is 3.69. The Kier molecular flexibility index (Phi) is 3.89. The lowest BCUT2D eigenvalue weighted by Crippen LogP contribution is -2.12. The minimum atomic E-state index is -2.90. The molecule has 0 radical (unpaired) electrons. The summed E-state index contributed by atoms with van der Waals surface area (Å²) in [6.45, 7) is 0.